The standard InChI is InChI=1S/C22H19F3N4O2/c1-2-10-28-18-9-4-3-8-16(18)17-12-26-29(21(31)20(17)28)13-19(30)27-15-7-5-6-14(11-15)22(23,24)25/h3-9,11-12H,2,10,13H2,1H3,(H,27,30). The number of nitrogens with zero attached hydrogens (tertiary/aromatic N) is 3. The first-order valence-corrected chi connectivity index (χ1v) is 9.73. The van der Waals surface area contributed by atoms with Gasteiger partial charge < -0.3 is 9.88 Å². The van der Waals surface area contributed by atoms with Crippen LogP contribution < -0.4 is 10.9 Å². The Hall–Kier alpha value is -3.62. The Morgan fingerprint density at radius 1 is 1.10 bits per heavy atom. The van der Waals surface area contributed by atoms with E-state index in [1.165, 1.54) is 12.1 Å². The number of aromatic nitrogens is 3. The maximum absolute atomic E-state index is 13.1. The van der Waals surface area contributed by atoms with E-state index in [0.717, 1.165) is 34.1 Å². The molecule has 1 amide bonds. The summed E-state index contributed by atoms with van der Waals surface area (Å²) in [5.74, 6) is -0.647. The highest BCUT2D eigenvalue weighted by Crippen LogP contribution is 2.30. The lowest BCUT2D eigenvalue weighted by Gasteiger charge is -2.11. The van der Waals surface area contributed by atoms with Crippen molar-refractivity contribution in [1.82, 2.24) is 14.3 Å². The highest BCUT2D eigenvalue weighted by molar-refractivity contribution is 6.07. The number of amides is 1. The molecule has 4 aromatic rings. The van der Waals surface area contributed by atoms with E-state index in [1.807, 2.05) is 35.8 Å². The maximum atomic E-state index is 13.1. The van der Waals surface area contributed by atoms with E-state index in [4.69, 9.17) is 0 Å². The highest BCUT2D eigenvalue weighted by atomic mass is 19.4. The maximum Gasteiger partial charge on any atom is 0.416 e. The molecule has 160 valence electrons. The number of para-hydroxylation sites is 1. The summed E-state index contributed by atoms with van der Waals surface area (Å²) in [6.07, 6.45) is -2.16. The minimum absolute atomic E-state index is 0.00551. The minimum Gasteiger partial charge on any atom is -0.336 e. The number of aryl methyl sites for hydroxylation is 1. The molecule has 9 heteroatoms. The molecule has 4 rings (SSSR count). The minimum atomic E-state index is -4.52. The van der Waals surface area contributed by atoms with Crippen molar-refractivity contribution < 1.29 is 18.0 Å². The Labute approximate surface area is 174 Å². The molecule has 0 bridgehead atoms. The second kappa shape index (κ2) is 7.90. The molecule has 1 N–H and O–H groups in total. The van der Waals surface area contributed by atoms with Gasteiger partial charge >= 0.3 is 6.18 Å². The monoisotopic (exact) mass is 428 g/mol. The van der Waals surface area contributed by atoms with E-state index in [9.17, 15) is 22.8 Å². The number of anilines is 1. The third-order valence-electron chi connectivity index (χ3n) is 4.99. The van der Waals surface area contributed by atoms with Crippen molar-refractivity contribution in [3.63, 3.8) is 0 Å². The van der Waals surface area contributed by atoms with E-state index in [-0.39, 0.29) is 5.69 Å². The van der Waals surface area contributed by atoms with E-state index < -0.39 is 29.8 Å². The molecule has 0 radical (unpaired) electrons. The SMILES string of the molecule is CCCn1c2ccccc2c2cnn(CC(=O)Nc3cccc(C(F)(F)F)c3)c(=O)c21. The number of alkyl halides is 3. The number of nitrogens with one attached hydrogen (secondary N) is 1. The zero-order valence-electron chi connectivity index (χ0n) is 16.6. The highest BCUT2D eigenvalue weighted by Gasteiger charge is 2.30. The smallest absolute Gasteiger partial charge is 0.336 e. The van der Waals surface area contributed by atoms with Gasteiger partial charge in [-0.15, -0.1) is 0 Å². The summed E-state index contributed by atoms with van der Waals surface area (Å²) in [7, 11) is 0. The fraction of sp³-hybridized carbons (Fsp3) is 0.227. The topological polar surface area (TPSA) is 68.9 Å². The van der Waals surface area contributed by atoms with E-state index >= 15 is 0 Å². The molecule has 0 spiro atoms. The summed E-state index contributed by atoms with van der Waals surface area (Å²) in [5.41, 5.74) is 0.0517. The fourth-order valence-electron chi connectivity index (χ4n) is 3.67. The normalized spacial score (nSPS) is 11.9. The van der Waals surface area contributed by atoms with Gasteiger partial charge in [0.05, 0.1) is 11.8 Å². The Morgan fingerprint density at radius 3 is 2.61 bits per heavy atom. The van der Waals surface area contributed by atoms with Gasteiger partial charge in [-0.3, -0.25) is 9.59 Å². The average Bonchev–Trinajstić information content (AvgIpc) is 3.04. The van der Waals surface area contributed by atoms with Gasteiger partial charge in [-0.2, -0.15) is 18.3 Å². The second-order valence-electron chi connectivity index (χ2n) is 7.17. The quantitative estimate of drug-likeness (QED) is 0.512. The lowest BCUT2D eigenvalue weighted by atomic mass is 10.2. The van der Waals surface area contributed by atoms with Gasteiger partial charge in [0.1, 0.15) is 12.1 Å². The molecular formula is C22H19F3N4O2. The Balaban J connectivity index is 1.67. The molecule has 0 atom stereocenters. The largest absolute Gasteiger partial charge is 0.416 e. The third kappa shape index (κ3) is 3.90. The van der Waals surface area contributed by atoms with Crippen LogP contribution in [0.3, 0.4) is 0 Å². The van der Waals surface area contributed by atoms with Crippen molar-refractivity contribution in [2.24, 2.45) is 0 Å². The Kier molecular flexibility index (Phi) is 5.26. The van der Waals surface area contributed by atoms with Crippen molar-refractivity contribution in [3.05, 3.63) is 70.6 Å². The van der Waals surface area contributed by atoms with Crippen molar-refractivity contribution in [3.8, 4) is 0 Å². The van der Waals surface area contributed by atoms with Crippen molar-refractivity contribution in [2.75, 3.05) is 5.32 Å². The summed E-state index contributed by atoms with van der Waals surface area (Å²) < 4.78 is 41.6. The van der Waals surface area contributed by atoms with Gasteiger partial charge in [0.25, 0.3) is 5.56 Å². The molecular weight excluding hydrogens is 409 g/mol. The van der Waals surface area contributed by atoms with E-state index in [2.05, 4.69) is 10.4 Å². The van der Waals surface area contributed by atoms with Crippen LogP contribution in [0.2, 0.25) is 0 Å². The number of fused-ring (bicyclic) bond motifs is 3. The summed E-state index contributed by atoms with van der Waals surface area (Å²) in [6, 6.07) is 11.9. The van der Waals surface area contributed by atoms with Gasteiger partial charge in [-0.1, -0.05) is 31.2 Å². The first-order valence-electron chi connectivity index (χ1n) is 9.73. The molecule has 0 saturated heterocycles. The molecule has 0 saturated carbocycles. The van der Waals surface area contributed by atoms with Crippen molar-refractivity contribution >= 4 is 33.4 Å². The lowest BCUT2D eigenvalue weighted by molar-refractivity contribution is -0.137. The molecule has 31 heavy (non-hydrogen) atoms. The molecule has 6 nitrogen and oxygen atoms in total. The first kappa shape index (κ1) is 20.6. The van der Waals surface area contributed by atoms with Crippen LogP contribution in [0.5, 0.6) is 0 Å². The predicted octanol–water partition coefficient (Wildman–Crippen LogP) is 4.42. The molecule has 0 aliphatic heterocycles. The van der Waals surface area contributed by atoms with Gasteiger partial charge in [0.15, 0.2) is 0 Å². The van der Waals surface area contributed by atoms with Crippen LogP contribution in [0.1, 0.15) is 18.9 Å². The fourth-order valence-corrected chi connectivity index (χ4v) is 3.67. The van der Waals surface area contributed by atoms with Crippen molar-refractivity contribution in [1.29, 1.82) is 0 Å². The molecule has 0 fully saturated rings. The lowest BCUT2D eigenvalue weighted by Crippen LogP contribution is -2.30. The summed E-state index contributed by atoms with van der Waals surface area (Å²) in [5, 5.41) is 8.11. The van der Waals surface area contributed by atoms with Crippen LogP contribution in [-0.2, 0) is 24.1 Å². The molecule has 2 heterocycles. The molecule has 0 unspecified atom stereocenters. The molecule has 0 aliphatic carbocycles. The number of carbonyl (C=O) groups excluding carboxylic acids is 1. The van der Waals surface area contributed by atoms with Gasteiger partial charge in [0.2, 0.25) is 5.91 Å². The zero-order valence-corrected chi connectivity index (χ0v) is 16.6. The number of rotatable bonds is 5. The molecule has 0 aliphatic rings. The number of hydrogen-bond donors (Lipinski definition) is 1. The number of hydrogen-bond acceptors (Lipinski definition) is 3. The Bertz CT molecular complexity index is 1340. The van der Waals surface area contributed by atoms with E-state index in [1.54, 1.807) is 6.20 Å². The van der Waals surface area contributed by atoms with Gasteiger partial charge in [0, 0.05) is 28.5 Å². The van der Waals surface area contributed by atoms with Crippen LogP contribution in [0, 0.1) is 0 Å². The predicted molar refractivity (Wildman–Crippen MR) is 112 cm³/mol. The molecule has 2 aromatic heterocycles. The summed E-state index contributed by atoms with van der Waals surface area (Å²) >= 11 is 0. The average molecular weight is 428 g/mol. The van der Waals surface area contributed by atoms with Gasteiger partial charge in [-0.05, 0) is 30.7 Å². The number of benzene rings is 2. The zero-order chi connectivity index (χ0) is 22.2. The van der Waals surface area contributed by atoms with Crippen LogP contribution in [0.4, 0.5) is 18.9 Å². The van der Waals surface area contributed by atoms with Crippen LogP contribution in [0.25, 0.3) is 21.8 Å². The first-order chi connectivity index (χ1) is 14.8. The third-order valence-corrected chi connectivity index (χ3v) is 4.99. The Morgan fingerprint density at radius 2 is 1.87 bits per heavy atom. The summed E-state index contributed by atoms with van der Waals surface area (Å²) in [6.45, 7) is 2.21. The second-order valence-corrected chi connectivity index (χ2v) is 7.17. The van der Waals surface area contributed by atoms with Crippen LogP contribution in [-0.4, -0.2) is 20.3 Å². The van der Waals surface area contributed by atoms with E-state index in [0.29, 0.717) is 17.4 Å². The summed E-state index contributed by atoms with van der Waals surface area (Å²) in [4.78, 5) is 25.5. The van der Waals surface area contributed by atoms with Crippen molar-refractivity contribution in [2.45, 2.75) is 32.6 Å². The molecule has 2 aromatic carbocycles. The number of carbonyl (C=O) groups is 1. The van der Waals surface area contributed by atoms with Crippen LogP contribution >= 0.6 is 0 Å². The van der Waals surface area contributed by atoms with Gasteiger partial charge in [-0.25, -0.2) is 4.68 Å². The number of halogens is 3. The van der Waals surface area contributed by atoms with Crippen LogP contribution in [0.15, 0.2) is 59.5 Å².